The summed E-state index contributed by atoms with van der Waals surface area (Å²) in [4.78, 5) is 104. The van der Waals surface area contributed by atoms with Gasteiger partial charge in [0.05, 0.1) is 23.3 Å². The topological polar surface area (TPSA) is 252 Å². The van der Waals surface area contributed by atoms with E-state index in [1.165, 1.54) is 17.9 Å². The minimum Gasteiger partial charge on any atom is -0.502 e. The van der Waals surface area contributed by atoms with Crippen LogP contribution in [0.2, 0.25) is 0 Å². The number of nitro groups is 1. The van der Waals surface area contributed by atoms with Crippen molar-refractivity contribution in [2.75, 3.05) is 6.61 Å². The maximum atomic E-state index is 14.0. The number of hydrogen-bond donors (Lipinski definition) is 5. The van der Waals surface area contributed by atoms with Crippen molar-refractivity contribution in [3.8, 4) is 5.75 Å². The van der Waals surface area contributed by atoms with E-state index in [9.17, 15) is 53.9 Å². The molecule has 1 aliphatic heterocycles. The highest BCUT2D eigenvalue weighted by Crippen LogP contribution is 2.28. The quantitative estimate of drug-likeness (QED) is 0.0751. The zero-order valence-electron chi connectivity index (χ0n) is 32.8. The molecule has 0 bridgehead atoms. The number of aliphatic carboxylic acids is 1. The predicted molar refractivity (Wildman–Crippen MR) is 207 cm³/mol. The van der Waals surface area contributed by atoms with Crippen molar-refractivity contribution in [2.24, 2.45) is 5.92 Å². The lowest BCUT2D eigenvalue weighted by Crippen LogP contribution is -2.59. The number of aryl methyl sites for hydroxylation is 2. The summed E-state index contributed by atoms with van der Waals surface area (Å²) in [5.41, 5.74) is 2.72. The van der Waals surface area contributed by atoms with E-state index in [0.29, 0.717) is 11.1 Å². The first kappa shape index (κ1) is 44.1. The number of amides is 4. The lowest BCUT2D eigenvalue weighted by atomic mass is 9.92. The third-order valence-electron chi connectivity index (χ3n) is 9.67. The number of phenolic OH excluding ortho intramolecular Hbond substituents is 1. The maximum absolute atomic E-state index is 14.0. The number of nitrogens with one attached hydrogen (secondary N) is 3. The van der Waals surface area contributed by atoms with E-state index in [-0.39, 0.29) is 42.9 Å². The van der Waals surface area contributed by atoms with Crippen molar-refractivity contribution in [1.29, 1.82) is 0 Å². The Balaban J connectivity index is 1.46. The summed E-state index contributed by atoms with van der Waals surface area (Å²) in [7, 11) is 0. The number of nitro benzene ring substituents is 1. The zero-order chi connectivity index (χ0) is 42.8. The third kappa shape index (κ3) is 11.5. The van der Waals surface area contributed by atoms with Gasteiger partial charge >= 0.3 is 17.6 Å². The molecule has 17 heteroatoms. The normalized spacial score (nSPS) is 14.9. The van der Waals surface area contributed by atoms with Gasteiger partial charge in [-0.3, -0.25) is 38.9 Å². The molecule has 0 fully saturated rings. The van der Waals surface area contributed by atoms with Crippen LogP contribution in [0.15, 0.2) is 60.7 Å². The van der Waals surface area contributed by atoms with Gasteiger partial charge in [-0.1, -0.05) is 62.4 Å². The summed E-state index contributed by atoms with van der Waals surface area (Å²) in [6.07, 6.45) is -0.944. The zero-order valence-corrected chi connectivity index (χ0v) is 32.8. The number of hydrogen-bond acceptors (Lipinski definition) is 11. The van der Waals surface area contributed by atoms with Crippen LogP contribution < -0.4 is 16.0 Å². The molecule has 308 valence electrons. The van der Waals surface area contributed by atoms with E-state index in [4.69, 9.17) is 4.74 Å². The number of rotatable bonds is 17. The molecular weight excluding hydrogens is 754 g/mol. The van der Waals surface area contributed by atoms with Gasteiger partial charge in [0.1, 0.15) is 24.2 Å². The Morgan fingerprint density at radius 1 is 0.879 bits per heavy atom. The Morgan fingerprint density at radius 3 is 2.16 bits per heavy atom. The number of carboxylic acid groups (broad SMARTS) is 1. The SMILES string of the molecule is Cc1cccc(C)c1C(=O)OCC(=O)C(CC(=O)O)NC(=O)C(C)NC(=O)C(CC(C)C)NC(=O)C1Cc2ccccc2CN1C(=O)Cc1ccc(O)c([N+](=O)[O-])c1. The number of esters is 1. The summed E-state index contributed by atoms with van der Waals surface area (Å²) in [5, 5.41) is 38.3. The van der Waals surface area contributed by atoms with Gasteiger partial charge in [-0.25, -0.2) is 4.79 Å². The number of aromatic hydroxyl groups is 1. The van der Waals surface area contributed by atoms with Crippen LogP contribution in [0.25, 0.3) is 0 Å². The fourth-order valence-corrected chi connectivity index (χ4v) is 6.63. The molecule has 0 spiro atoms. The highest BCUT2D eigenvalue weighted by Gasteiger charge is 2.37. The number of carboxylic acids is 1. The highest BCUT2D eigenvalue weighted by molar-refractivity contribution is 5.99. The fraction of sp³-hybridized carbons (Fsp3) is 0.390. The molecule has 0 aliphatic carbocycles. The molecule has 58 heavy (non-hydrogen) atoms. The van der Waals surface area contributed by atoms with Crippen LogP contribution in [0.3, 0.4) is 0 Å². The Hall–Kier alpha value is -6.65. The number of Topliss-reactive ketones (excluding diaryl/α,β-unsaturated/α-hetero) is 1. The Kier molecular flexibility index (Phi) is 14.8. The van der Waals surface area contributed by atoms with E-state index in [1.807, 2.05) is 12.1 Å². The molecule has 4 atom stereocenters. The van der Waals surface area contributed by atoms with Crippen LogP contribution in [0.5, 0.6) is 5.75 Å². The molecule has 0 aromatic heterocycles. The van der Waals surface area contributed by atoms with Crippen molar-refractivity contribution in [3.05, 3.63) is 104 Å². The molecule has 5 N–H and O–H groups in total. The Morgan fingerprint density at radius 2 is 1.53 bits per heavy atom. The third-order valence-corrected chi connectivity index (χ3v) is 9.67. The number of phenols is 1. The van der Waals surface area contributed by atoms with E-state index in [0.717, 1.165) is 23.3 Å². The number of carbonyl (C=O) groups excluding carboxylic acids is 6. The molecule has 4 amide bonds. The van der Waals surface area contributed by atoms with Crippen LogP contribution in [0.4, 0.5) is 5.69 Å². The summed E-state index contributed by atoms with van der Waals surface area (Å²) in [5.74, 6) is -6.69. The summed E-state index contributed by atoms with van der Waals surface area (Å²) in [6, 6.07) is 10.7. The Labute approximate surface area is 334 Å². The molecule has 3 aromatic rings. The second kappa shape index (κ2) is 19.5. The molecule has 1 heterocycles. The monoisotopic (exact) mass is 801 g/mol. The summed E-state index contributed by atoms with van der Waals surface area (Å²) in [6.45, 7) is 7.51. The predicted octanol–water partition coefficient (Wildman–Crippen LogP) is 2.83. The van der Waals surface area contributed by atoms with Crippen molar-refractivity contribution in [3.63, 3.8) is 0 Å². The number of carbonyl (C=O) groups is 7. The van der Waals surface area contributed by atoms with E-state index in [2.05, 4.69) is 16.0 Å². The van der Waals surface area contributed by atoms with E-state index >= 15 is 0 Å². The second-order valence-corrected chi connectivity index (χ2v) is 14.7. The van der Waals surface area contributed by atoms with E-state index < -0.39 is 94.9 Å². The maximum Gasteiger partial charge on any atom is 0.339 e. The van der Waals surface area contributed by atoms with Crippen LogP contribution in [0, 0.1) is 29.9 Å². The molecule has 4 rings (SSSR count). The van der Waals surface area contributed by atoms with Gasteiger partial charge in [0.2, 0.25) is 23.6 Å². The van der Waals surface area contributed by atoms with Crippen LogP contribution in [-0.2, 0) is 52.9 Å². The van der Waals surface area contributed by atoms with Gasteiger partial charge in [-0.15, -0.1) is 0 Å². The van der Waals surface area contributed by atoms with Crippen molar-refractivity contribution in [1.82, 2.24) is 20.9 Å². The van der Waals surface area contributed by atoms with Gasteiger partial charge in [-0.05, 0) is 67.0 Å². The smallest absolute Gasteiger partial charge is 0.339 e. The first-order valence-corrected chi connectivity index (χ1v) is 18.6. The lowest BCUT2D eigenvalue weighted by molar-refractivity contribution is -0.385. The number of benzene rings is 3. The summed E-state index contributed by atoms with van der Waals surface area (Å²) >= 11 is 0. The van der Waals surface area contributed by atoms with Gasteiger partial charge in [0.25, 0.3) is 0 Å². The highest BCUT2D eigenvalue weighted by atomic mass is 16.6. The molecular formula is C41H47N5O12. The molecule has 1 aliphatic rings. The first-order valence-electron chi connectivity index (χ1n) is 18.6. The number of fused-ring (bicyclic) bond motifs is 1. The first-order chi connectivity index (χ1) is 27.4. The molecule has 0 saturated carbocycles. The minimum atomic E-state index is -1.60. The van der Waals surface area contributed by atoms with Gasteiger partial charge < -0.3 is 35.8 Å². The van der Waals surface area contributed by atoms with E-state index in [1.54, 1.807) is 58.0 Å². The molecule has 3 aromatic carbocycles. The van der Waals surface area contributed by atoms with Crippen LogP contribution >= 0.6 is 0 Å². The molecule has 0 radical (unpaired) electrons. The summed E-state index contributed by atoms with van der Waals surface area (Å²) < 4.78 is 5.16. The van der Waals surface area contributed by atoms with Crippen LogP contribution in [0.1, 0.15) is 71.8 Å². The fourth-order valence-electron chi connectivity index (χ4n) is 6.63. The van der Waals surface area contributed by atoms with Gasteiger partial charge in [0.15, 0.2) is 18.1 Å². The van der Waals surface area contributed by atoms with Gasteiger partial charge in [0, 0.05) is 19.0 Å². The van der Waals surface area contributed by atoms with Gasteiger partial charge in [-0.2, -0.15) is 0 Å². The largest absolute Gasteiger partial charge is 0.502 e. The number of ether oxygens (including phenoxy) is 1. The lowest BCUT2D eigenvalue weighted by Gasteiger charge is -2.37. The molecule has 4 unspecified atom stereocenters. The Bertz CT molecular complexity index is 2080. The van der Waals surface area contributed by atoms with Crippen molar-refractivity contribution in [2.45, 2.75) is 91.0 Å². The second-order valence-electron chi connectivity index (χ2n) is 14.7. The minimum absolute atomic E-state index is 0.0342. The standard InChI is InChI=1S/C41H47N5O12/c1-22(2)15-30(39(53)42-25(5)38(52)43-29(19-36(50)51)34(48)21-58-41(55)37-23(3)9-8-10-24(37)4)44-40(54)32-18-27-11-6-7-12-28(27)20-45(32)35(49)17-26-13-14-33(47)31(16-26)46(56)57/h6-14,16,22,25,29-30,32,47H,15,17-21H2,1-5H3,(H,42,53)(H,43,52)(H,44,54)(H,50,51). The van der Waals surface area contributed by atoms with Crippen LogP contribution in [-0.4, -0.2) is 92.2 Å². The average Bonchev–Trinajstić information content (AvgIpc) is 3.15. The number of ketones is 1. The van der Waals surface area contributed by atoms with Crippen molar-refractivity contribution < 1.29 is 53.4 Å². The van der Waals surface area contributed by atoms with Crippen molar-refractivity contribution >= 4 is 47.0 Å². The number of nitrogens with zero attached hydrogens (tertiary/aromatic N) is 2. The molecule has 17 nitrogen and oxygen atoms in total. The molecule has 0 saturated heterocycles. The average molecular weight is 802 g/mol.